The summed E-state index contributed by atoms with van der Waals surface area (Å²) in [6.45, 7) is 32.7. The molecule has 0 aliphatic carbocycles. The number of carbonyl (C=O) groups is 1. The first-order chi connectivity index (χ1) is 66.2. The quantitative estimate of drug-likeness (QED) is 0.00957. The molecule has 139 heavy (non-hydrogen) atoms. The van der Waals surface area contributed by atoms with Gasteiger partial charge in [0.05, 0.1) is 66.7 Å². The number of benzene rings is 8. The van der Waals surface area contributed by atoms with Crippen molar-refractivity contribution in [2.45, 2.75) is 104 Å². The van der Waals surface area contributed by atoms with Crippen LogP contribution in [0, 0.1) is 0 Å². The Kier molecular flexibility index (Phi) is 45.4. The molecule has 2 aromatic heterocycles. The number of nitrogens with one attached hydrogen (secondary N) is 6. The molecule has 2 heterocycles. The number of phenols is 3. The number of aliphatic hydroxyl groups excluding tert-OH is 1. The molecule has 1 unspecified atom stereocenters. The smallest absolute Gasteiger partial charge is 0.871 e. The summed E-state index contributed by atoms with van der Waals surface area (Å²) in [5, 5.41) is 150. The number of primary sulfonamides is 2. The van der Waals surface area contributed by atoms with E-state index in [1.165, 1.54) is 59.6 Å². The number of aromatic amines is 4. The number of nitrogens with two attached hydrogens (primary N) is 2. The Morgan fingerprint density at radius 1 is 0.388 bits per heavy atom. The molecule has 1 atom stereocenters. The number of azo groups is 6. The summed E-state index contributed by atoms with van der Waals surface area (Å²) in [4.78, 5) is 59.4. The van der Waals surface area contributed by atoms with Gasteiger partial charge in [0.1, 0.15) is 86.2 Å². The van der Waals surface area contributed by atoms with Crippen LogP contribution in [-0.2, 0) is 41.9 Å². The number of sulfonamides is 2. The maximum absolute atomic E-state index is 12.7. The molecule has 50 heteroatoms. The SMILES string of the molecule is CC(O)C(=O)O.CCN(CC)CCCN=c1nc(Nc2ccc(N=Nc3cc(OC)c(N=Nc4cc(N=Nc5cc(S(N)(=O)=O)ccc5O)c(O)cc4O)cc3OC)cc2)[nH]c(=NCCCN(CC)CC)[nH]1.CCN(CC)CCCN=c1nc(Nc2ccc(N=Nc3cc(OC)c(N=Nc4cc(N=Nc5cc(S(N)(=O)=O)ccc5[O-])c([O-])cc4[O-])cc3OC)cc2)[nH]c(=NCCCN(CC)CC)[nH]1.[Fe+3]. The van der Waals surface area contributed by atoms with Crippen molar-refractivity contribution < 1.29 is 98.5 Å². The van der Waals surface area contributed by atoms with Crippen LogP contribution in [0.2, 0.25) is 0 Å². The second kappa shape index (κ2) is 56.5. The molecular formula is C89H117FeN30O17S2. The molecule has 10 aromatic rings. The van der Waals surface area contributed by atoms with Gasteiger partial charge in [-0.15, -0.1) is 35.8 Å². The van der Waals surface area contributed by atoms with Gasteiger partial charge in [-0.05, 0) is 196 Å². The van der Waals surface area contributed by atoms with Gasteiger partial charge in [-0.1, -0.05) is 84.8 Å². The number of nitrogens with zero attached hydrogens (tertiary/aromatic N) is 22. The molecule has 0 saturated carbocycles. The van der Waals surface area contributed by atoms with Gasteiger partial charge in [0.2, 0.25) is 54.4 Å². The molecule has 8 aromatic carbocycles. The number of H-pyrrole nitrogens is 4. The zero-order valence-electron chi connectivity index (χ0n) is 79.2. The molecule has 0 aliphatic rings. The first-order valence-corrected chi connectivity index (χ1v) is 47.0. The third kappa shape index (κ3) is 36.0. The van der Waals surface area contributed by atoms with Crippen molar-refractivity contribution >= 4 is 118 Å². The van der Waals surface area contributed by atoms with E-state index in [9.17, 15) is 52.3 Å². The van der Waals surface area contributed by atoms with E-state index >= 15 is 0 Å². The van der Waals surface area contributed by atoms with E-state index in [1.54, 1.807) is 30.3 Å². The number of aliphatic hydroxyl groups is 1. The van der Waals surface area contributed by atoms with Gasteiger partial charge in [0.15, 0.2) is 0 Å². The Bertz CT molecular complexity index is 5970. The van der Waals surface area contributed by atoms with Crippen LogP contribution in [0.5, 0.6) is 57.5 Å². The molecule has 745 valence electrons. The topological polar surface area (TPSA) is 668 Å². The van der Waals surface area contributed by atoms with Gasteiger partial charge in [-0.3, -0.25) is 39.9 Å². The van der Waals surface area contributed by atoms with E-state index in [4.69, 9.17) is 59.4 Å². The molecule has 1 radical (unpaired) electrons. The number of aromatic nitrogens is 6. The number of hydrogen-bond donors (Lipinski definition) is 13. The number of carboxylic acids is 1. The number of rotatable bonds is 47. The Balaban J connectivity index is 0.000000354. The molecule has 47 nitrogen and oxygen atoms in total. The molecule has 15 N–H and O–H groups in total. The third-order valence-electron chi connectivity index (χ3n) is 20.4. The third-order valence-corrected chi connectivity index (χ3v) is 22.2. The van der Waals surface area contributed by atoms with Crippen molar-refractivity contribution in [3.63, 3.8) is 0 Å². The summed E-state index contributed by atoms with van der Waals surface area (Å²) in [5.41, 5.74) is 3.96. The van der Waals surface area contributed by atoms with Gasteiger partial charge in [-0.25, -0.2) is 31.9 Å². The van der Waals surface area contributed by atoms with Crippen LogP contribution in [0.25, 0.3) is 0 Å². The fourth-order valence-electron chi connectivity index (χ4n) is 12.5. The fourth-order valence-corrected chi connectivity index (χ4v) is 13.5. The number of ether oxygens (including phenoxy) is 4. The van der Waals surface area contributed by atoms with E-state index < -0.39 is 72.3 Å². The molecule has 0 amide bonds. The van der Waals surface area contributed by atoms with Gasteiger partial charge < -0.3 is 90.0 Å². The predicted octanol–water partition coefficient (Wildman–Crippen LogP) is 13.1. The molecule has 0 saturated heterocycles. The maximum atomic E-state index is 12.7. The summed E-state index contributed by atoms with van der Waals surface area (Å²) in [6, 6.07) is 30.5. The number of phenolic OH excluding ortho intramolecular Hbond substituents is 3. The second-order valence-corrected chi connectivity index (χ2v) is 32.9. The van der Waals surface area contributed by atoms with E-state index in [0.29, 0.717) is 83.3 Å². The van der Waals surface area contributed by atoms with Crippen LogP contribution >= 0.6 is 0 Å². The largest absolute Gasteiger partial charge is 3.00 e. The minimum absolute atomic E-state index is 0. The van der Waals surface area contributed by atoms with Gasteiger partial charge in [-0.2, -0.15) is 35.5 Å². The summed E-state index contributed by atoms with van der Waals surface area (Å²) in [6.07, 6.45) is 2.40. The Morgan fingerprint density at radius 3 is 1.00 bits per heavy atom. The average Bonchev–Trinajstić information content (AvgIpc) is 0.813. The van der Waals surface area contributed by atoms with Crippen molar-refractivity contribution in [2.24, 2.45) is 91.6 Å². The Morgan fingerprint density at radius 2 is 0.676 bits per heavy atom. The van der Waals surface area contributed by atoms with Crippen molar-refractivity contribution in [1.29, 1.82) is 0 Å². The molecule has 0 fully saturated rings. The van der Waals surface area contributed by atoms with E-state index in [1.807, 2.05) is 24.3 Å². The number of aliphatic carboxylic acids is 1. The van der Waals surface area contributed by atoms with Crippen molar-refractivity contribution in [3.05, 3.63) is 156 Å². The average molecular weight is 2000 g/mol. The van der Waals surface area contributed by atoms with Crippen LogP contribution in [0.3, 0.4) is 0 Å². The molecule has 10 rings (SSSR count). The first-order valence-electron chi connectivity index (χ1n) is 44.0. The minimum Gasteiger partial charge on any atom is -0.871 e. The van der Waals surface area contributed by atoms with Crippen LogP contribution in [-0.4, -0.2) is 237 Å². The van der Waals surface area contributed by atoms with Crippen molar-refractivity contribution in [1.82, 2.24) is 49.5 Å². The van der Waals surface area contributed by atoms with Gasteiger partial charge in [0.25, 0.3) is 0 Å². The van der Waals surface area contributed by atoms with Crippen molar-refractivity contribution in [3.8, 4) is 57.5 Å². The number of anilines is 4. The Hall–Kier alpha value is -14.2. The zero-order chi connectivity index (χ0) is 100. The molecule has 0 aliphatic heterocycles. The summed E-state index contributed by atoms with van der Waals surface area (Å²) in [5.74, 6) is -2.87. The van der Waals surface area contributed by atoms with E-state index in [-0.39, 0.29) is 89.7 Å². The normalized spacial score (nSPS) is 12.7. The van der Waals surface area contributed by atoms with Gasteiger partial charge >= 0.3 is 23.0 Å². The van der Waals surface area contributed by atoms with Crippen LogP contribution in [0.15, 0.2) is 225 Å². The maximum Gasteiger partial charge on any atom is 3.00 e. The zero-order valence-corrected chi connectivity index (χ0v) is 82.0. The summed E-state index contributed by atoms with van der Waals surface area (Å²) >= 11 is 0. The molecular weight excluding hydrogens is 1880 g/mol. The van der Waals surface area contributed by atoms with Crippen LogP contribution < -0.4 is 77.7 Å². The first kappa shape index (κ1) is 112. The van der Waals surface area contributed by atoms with Crippen LogP contribution in [0.1, 0.15) is 88.0 Å². The monoisotopic (exact) mass is 2000 g/mol. The standard InChI is InChI=1S/2C43H57N15O7S.C3H6O3.Fe/c2*1-7-57(8-2)21-11-19-45-41-48-42(46-20-12-22-58(9-3)10-4)50-43(49-41)47-28-13-15-29(16-14-28)51-55-34-25-40(65-6)35(26-39(34)64-5)56-54-33-24-32(37(60)27-38(33)61)53-52-31-23-30(66(44,62)63)17-18-36(31)59;1-2(4)3(5)6;/h2*13-18,23-27,59-61H,7-12,19-22H2,1-6H3,(H2,44,62,63)(H3,45,46,47,48,49,50);2,4H,1H3,(H,5,6);/q;;;+3/p-3. The predicted molar refractivity (Wildman–Crippen MR) is 512 cm³/mol. The minimum atomic E-state index is -4.15. The van der Waals surface area contributed by atoms with Gasteiger partial charge in [0, 0.05) is 74.0 Å². The summed E-state index contributed by atoms with van der Waals surface area (Å²) in [7, 11) is -2.54. The second-order valence-electron chi connectivity index (χ2n) is 29.8. The summed E-state index contributed by atoms with van der Waals surface area (Å²) < 4.78 is 69.1. The number of aromatic hydroxyl groups is 3. The molecule has 0 spiro atoms. The van der Waals surface area contributed by atoms with E-state index in [0.717, 1.165) is 170 Å². The fraction of sp³-hybridized carbons (Fsp3) is 0.382. The number of methoxy groups -OCH3 is 4. The van der Waals surface area contributed by atoms with Crippen LogP contribution in [0.4, 0.5) is 91.5 Å². The number of carboxylic acid groups (broad SMARTS) is 1. The Labute approximate surface area is 813 Å². The molecule has 0 bridgehead atoms. The van der Waals surface area contributed by atoms with E-state index in [2.05, 4.69) is 177 Å². The number of hydrogen-bond acceptors (Lipinski definition) is 40. The van der Waals surface area contributed by atoms with Crippen molar-refractivity contribution in [2.75, 3.05) is 144 Å².